The summed E-state index contributed by atoms with van der Waals surface area (Å²) in [5.74, 6) is -1.49. The summed E-state index contributed by atoms with van der Waals surface area (Å²) < 4.78 is 0. The highest BCUT2D eigenvalue weighted by molar-refractivity contribution is 5.69. The molecule has 188 valence electrons. The summed E-state index contributed by atoms with van der Waals surface area (Å²) in [6.45, 7) is 2.04. The Morgan fingerprint density at radius 1 is 0.606 bits per heavy atom. The van der Waals surface area contributed by atoms with E-state index in [2.05, 4.69) is 48.6 Å². The van der Waals surface area contributed by atoms with E-state index < -0.39 is 11.9 Å². The van der Waals surface area contributed by atoms with Crippen molar-refractivity contribution < 1.29 is 19.8 Å². The average Bonchev–Trinajstić information content (AvgIpc) is 2.78. The number of hydrogen-bond acceptors (Lipinski definition) is 2. The summed E-state index contributed by atoms with van der Waals surface area (Å²) in [4.78, 5) is 21.5. The summed E-state index contributed by atoms with van der Waals surface area (Å²) in [6.07, 6.45) is 34.4. The molecule has 0 aliphatic rings. The smallest absolute Gasteiger partial charge is 0.306 e. The second-order valence-electron chi connectivity index (χ2n) is 8.75. The normalized spacial score (nSPS) is 13.1. The molecule has 0 amide bonds. The monoisotopic (exact) mass is 460 g/mol. The van der Waals surface area contributed by atoms with Crippen molar-refractivity contribution in [2.24, 2.45) is 5.92 Å². The Balaban J connectivity index is 3.49. The Hall–Kier alpha value is -2.10. The van der Waals surface area contributed by atoms with Crippen molar-refractivity contribution in [2.75, 3.05) is 0 Å². The molecular formula is C29H48O4. The quantitative estimate of drug-likeness (QED) is 0.118. The van der Waals surface area contributed by atoms with E-state index in [4.69, 9.17) is 10.2 Å². The molecule has 2 N–H and O–H groups in total. The number of carboxylic acid groups (broad SMARTS) is 2. The molecule has 0 aromatic carbocycles. The van der Waals surface area contributed by atoms with Gasteiger partial charge in [-0.2, -0.15) is 0 Å². The van der Waals surface area contributed by atoms with Crippen molar-refractivity contribution in [2.45, 2.75) is 116 Å². The van der Waals surface area contributed by atoms with E-state index in [1.165, 1.54) is 19.3 Å². The van der Waals surface area contributed by atoms with Gasteiger partial charge >= 0.3 is 11.9 Å². The van der Waals surface area contributed by atoms with Crippen LogP contribution in [0.2, 0.25) is 0 Å². The zero-order valence-electron chi connectivity index (χ0n) is 20.9. The van der Waals surface area contributed by atoms with E-state index in [0.717, 1.165) is 83.5 Å². The Morgan fingerprint density at radius 3 is 1.55 bits per heavy atom. The molecule has 4 nitrogen and oxygen atoms in total. The fourth-order valence-electron chi connectivity index (χ4n) is 3.69. The van der Waals surface area contributed by atoms with Crippen LogP contribution in [0.4, 0.5) is 0 Å². The first-order chi connectivity index (χ1) is 16.1. The minimum Gasteiger partial charge on any atom is -0.481 e. The molecule has 1 atom stereocenters. The first-order valence-electron chi connectivity index (χ1n) is 13.1. The van der Waals surface area contributed by atoms with Gasteiger partial charge in [0.1, 0.15) is 0 Å². The van der Waals surface area contributed by atoms with Crippen LogP contribution in [0.1, 0.15) is 116 Å². The minimum absolute atomic E-state index is 0.162. The molecule has 0 aromatic heterocycles. The Kier molecular flexibility index (Phi) is 23.0. The summed E-state index contributed by atoms with van der Waals surface area (Å²) in [6, 6.07) is 0. The van der Waals surface area contributed by atoms with Crippen LogP contribution in [0, 0.1) is 5.92 Å². The lowest BCUT2D eigenvalue weighted by molar-refractivity contribution is -0.142. The molecule has 33 heavy (non-hydrogen) atoms. The molecule has 0 saturated carbocycles. The van der Waals surface area contributed by atoms with Crippen LogP contribution in [0.25, 0.3) is 0 Å². The second kappa shape index (κ2) is 24.5. The van der Waals surface area contributed by atoms with Gasteiger partial charge in [0.15, 0.2) is 0 Å². The van der Waals surface area contributed by atoms with E-state index in [-0.39, 0.29) is 5.92 Å². The van der Waals surface area contributed by atoms with Gasteiger partial charge in [0.25, 0.3) is 0 Å². The molecule has 0 aliphatic carbocycles. The van der Waals surface area contributed by atoms with E-state index in [9.17, 15) is 9.59 Å². The predicted octanol–water partition coefficient (Wildman–Crippen LogP) is 8.65. The number of carbonyl (C=O) groups is 2. The molecule has 0 aromatic rings. The van der Waals surface area contributed by atoms with Crippen molar-refractivity contribution in [3.63, 3.8) is 0 Å². The molecule has 0 fully saturated rings. The maximum Gasteiger partial charge on any atom is 0.306 e. The topological polar surface area (TPSA) is 74.6 Å². The summed E-state index contributed by atoms with van der Waals surface area (Å²) in [7, 11) is 0. The SMILES string of the molecule is CCCC(CCCCC=CCC=CCC=CCC=CCCCCCCCCC(=O)O)C(=O)O. The van der Waals surface area contributed by atoms with Gasteiger partial charge in [-0.25, -0.2) is 0 Å². The molecule has 1 unspecified atom stereocenters. The average molecular weight is 461 g/mol. The molecule has 0 rings (SSSR count). The summed E-state index contributed by atoms with van der Waals surface area (Å²) in [5.41, 5.74) is 0. The number of unbranched alkanes of at least 4 members (excludes halogenated alkanes) is 8. The Bertz CT molecular complexity index is 586. The Labute approximate surface area is 202 Å². The molecule has 0 spiro atoms. The van der Waals surface area contributed by atoms with E-state index in [1.54, 1.807) is 0 Å². The van der Waals surface area contributed by atoms with Gasteiger partial charge in [0, 0.05) is 6.42 Å². The number of rotatable bonds is 23. The third-order valence-electron chi connectivity index (χ3n) is 5.65. The van der Waals surface area contributed by atoms with Crippen molar-refractivity contribution >= 4 is 11.9 Å². The zero-order valence-corrected chi connectivity index (χ0v) is 20.9. The molecule has 4 heteroatoms. The lowest BCUT2D eigenvalue weighted by Gasteiger charge is -2.09. The van der Waals surface area contributed by atoms with E-state index in [0.29, 0.717) is 6.42 Å². The molecule has 0 radical (unpaired) electrons. The van der Waals surface area contributed by atoms with Gasteiger partial charge in [0.2, 0.25) is 0 Å². The van der Waals surface area contributed by atoms with Gasteiger partial charge in [-0.3, -0.25) is 9.59 Å². The van der Waals surface area contributed by atoms with Gasteiger partial charge < -0.3 is 10.2 Å². The number of carboxylic acids is 2. The number of allylic oxidation sites excluding steroid dienone is 8. The number of hydrogen-bond donors (Lipinski definition) is 2. The maximum absolute atomic E-state index is 11.1. The standard InChI is InChI=1S/C29H48O4/c1-2-24-27(29(32)33)25-22-20-18-16-14-12-10-8-6-4-3-5-7-9-11-13-15-17-19-21-23-26-28(30)31/h3-4,7-10,14,16,27H,2,5-6,11-13,15,17-26H2,1H3,(H,30,31)(H,32,33). The third kappa shape index (κ3) is 24.4. The Morgan fingerprint density at radius 2 is 1.06 bits per heavy atom. The third-order valence-corrected chi connectivity index (χ3v) is 5.65. The zero-order chi connectivity index (χ0) is 24.4. The van der Waals surface area contributed by atoms with Gasteiger partial charge in [-0.15, -0.1) is 0 Å². The molecule has 0 aliphatic heterocycles. The van der Waals surface area contributed by atoms with Gasteiger partial charge in [-0.05, 0) is 64.2 Å². The highest BCUT2D eigenvalue weighted by atomic mass is 16.4. The highest BCUT2D eigenvalue weighted by Gasteiger charge is 2.14. The predicted molar refractivity (Wildman–Crippen MR) is 139 cm³/mol. The molecule has 0 bridgehead atoms. The van der Waals surface area contributed by atoms with Crippen molar-refractivity contribution in [3.8, 4) is 0 Å². The summed E-state index contributed by atoms with van der Waals surface area (Å²) >= 11 is 0. The lowest BCUT2D eigenvalue weighted by atomic mass is 9.97. The van der Waals surface area contributed by atoms with Crippen LogP contribution in [0.15, 0.2) is 48.6 Å². The van der Waals surface area contributed by atoms with Gasteiger partial charge in [-0.1, -0.05) is 94.1 Å². The number of aliphatic carboxylic acids is 2. The van der Waals surface area contributed by atoms with Crippen LogP contribution >= 0.6 is 0 Å². The maximum atomic E-state index is 11.1. The van der Waals surface area contributed by atoms with E-state index in [1.807, 2.05) is 6.92 Å². The van der Waals surface area contributed by atoms with Crippen molar-refractivity contribution in [1.29, 1.82) is 0 Å². The first-order valence-corrected chi connectivity index (χ1v) is 13.1. The van der Waals surface area contributed by atoms with Crippen molar-refractivity contribution in [3.05, 3.63) is 48.6 Å². The van der Waals surface area contributed by atoms with Crippen LogP contribution in [-0.2, 0) is 9.59 Å². The second-order valence-corrected chi connectivity index (χ2v) is 8.75. The first kappa shape index (κ1) is 30.9. The van der Waals surface area contributed by atoms with Crippen molar-refractivity contribution in [1.82, 2.24) is 0 Å². The van der Waals surface area contributed by atoms with Crippen LogP contribution in [-0.4, -0.2) is 22.2 Å². The lowest BCUT2D eigenvalue weighted by Crippen LogP contribution is -2.13. The summed E-state index contributed by atoms with van der Waals surface area (Å²) in [5, 5.41) is 17.7. The fraction of sp³-hybridized carbons (Fsp3) is 0.655. The largest absolute Gasteiger partial charge is 0.481 e. The molecule has 0 saturated heterocycles. The van der Waals surface area contributed by atoms with Crippen LogP contribution < -0.4 is 0 Å². The molecular weight excluding hydrogens is 412 g/mol. The van der Waals surface area contributed by atoms with E-state index >= 15 is 0 Å². The minimum atomic E-state index is -0.683. The molecule has 0 heterocycles. The fourth-order valence-corrected chi connectivity index (χ4v) is 3.69. The van der Waals surface area contributed by atoms with Crippen LogP contribution in [0.5, 0.6) is 0 Å². The van der Waals surface area contributed by atoms with Gasteiger partial charge in [0.05, 0.1) is 5.92 Å². The van der Waals surface area contributed by atoms with Crippen LogP contribution in [0.3, 0.4) is 0 Å². The highest BCUT2D eigenvalue weighted by Crippen LogP contribution is 2.16.